The minimum Gasteiger partial charge on any atom is -0.497 e. The van der Waals surface area contributed by atoms with Crippen molar-refractivity contribution in [2.24, 2.45) is 10.2 Å². The molecule has 0 saturated carbocycles. The molecule has 1 amide bonds. The van der Waals surface area contributed by atoms with Crippen molar-refractivity contribution < 1.29 is 9.53 Å². The van der Waals surface area contributed by atoms with Gasteiger partial charge in [0.25, 0.3) is 0 Å². The second kappa shape index (κ2) is 5.68. The summed E-state index contributed by atoms with van der Waals surface area (Å²) >= 11 is 1.37. The van der Waals surface area contributed by atoms with Crippen LogP contribution in [0.25, 0.3) is 0 Å². The summed E-state index contributed by atoms with van der Waals surface area (Å²) in [5.41, 5.74) is 0.919. The van der Waals surface area contributed by atoms with Crippen molar-refractivity contribution in [3.63, 3.8) is 0 Å². The molecule has 1 unspecified atom stereocenters. The molecule has 94 valence electrons. The van der Waals surface area contributed by atoms with E-state index in [9.17, 15) is 4.79 Å². The van der Waals surface area contributed by atoms with E-state index in [4.69, 9.17) is 4.74 Å². The van der Waals surface area contributed by atoms with Crippen LogP contribution in [0.1, 0.15) is 12.5 Å². The topological polar surface area (TPSA) is 63.1 Å². The number of rotatable bonds is 3. The summed E-state index contributed by atoms with van der Waals surface area (Å²) in [4.78, 5) is 11.2. The van der Waals surface area contributed by atoms with Gasteiger partial charge in [-0.05, 0) is 36.8 Å². The maximum Gasteiger partial charge on any atom is 0.239 e. The fraction of sp³-hybridized carbons (Fsp3) is 0.250. The lowest BCUT2D eigenvalue weighted by Crippen LogP contribution is -2.23. The molecule has 1 aromatic rings. The van der Waals surface area contributed by atoms with E-state index < -0.39 is 0 Å². The van der Waals surface area contributed by atoms with Crippen LogP contribution in [-0.4, -0.2) is 29.6 Å². The number of benzene rings is 1. The predicted molar refractivity (Wildman–Crippen MR) is 73.2 cm³/mol. The number of methoxy groups -OCH3 is 1. The molecule has 0 aliphatic carbocycles. The number of amides is 1. The molecule has 2 rings (SSSR count). The van der Waals surface area contributed by atoms with E-state index in [0.29, 0.717) is 5.17 Å². The largest absolute Gasteiger partial charge is 0.497 e. The summed E-state index contributed by atoms with van der Waals surface area (Å²) in [7, 11) is 1.62. The lowest BCUT2D eigenvalue weighted by molar-refractivity contribution is -0.118. The second-order valence-corrected chi connectivity index (χ2v) is 5.00. The lowest BCUT2D eigenvalue weighted by atomic mass is 10.2. The van der Waals surface area contributed by atoms with Crippen molar-refractivity contribution in [1.29, 1.82) is 0 Å². The Labute approximate surface area is 109 Å². The van der Waals surface area contributed by atoms with Crippen molar-refractivity contribution in [1.82, 2.24) is 5.32 Å². The maximum atomic E-state index is 11.2. The molecule has 1 saturated heterocycles. The van der Waals surface area contributed by atoms with Gasteiger partial charge in [0, 0.05) is 0 Å². The molecule has 1 aromatic carbocycles. The number of amidine groups is 1. The van der Waals surface area contributed by atoms with Crippen LogP contribution < -0.4 is 10.1 Å². The van der Waals surface area contributed by atoms with Gasteiger partial charge in [-0.3, -0.25) is 4.79 Å². The highest BCUT2D eigenvalue weighted by Crippen LogP contribution is 2.18. The summed E-state index contributed by atoms with van der Waals surface area (Å²) in [6.45, 7) is 1.83. The van der Waals surface area contributed by atoms with Crippen LogP contribution in [0.4, 0.5) is 0 Å². The molecule has 0 spiro atoms. The lowest BCUT2D eigenvalue weighted by Gasteiger charge is -1.98. The van der Waals surface area contributed by atoms with E-state index in [-0.39, 0.29) is 11.2 Å². The third-order valence-corrected chi connectivity index (χ3v) is 3.33. The average molecular weight is 263 g/mol. The van der Waals surface area contributed by atoms with Crippen LogP contribution in [0.5, 0.6) is 5.75 Å². The van der Waals surface area contributed by atoms with Gasteiger partial charge in [-0.1, -0.05) is 11.8 Å². The fourth-order valence-corrected chi connectivity index (χ4v) is 2.10. The van der Waals surface area contributed by atoms with Gasteiger partial charge in [-0.2, -0.15) is 5.10 Å². The molecule has 5 nitrogen and oxygen atoms in total. The number of ether oxygens (including phenoxy) is 1. The molecule has 0 radical (unpaired) electrons. The first kappa shape index (κ1) is 12.6. The normalized spacial score (nSPS) is 21.6. The predicted octanol–water partition coefficient (Wildman–Crippen LogP) is 1.64. The molecule has 6 heteroatoms. The van der Waals surface area contributed by atoms with Crippen LogP contribution in [0.2, 0.25) is 0 Å². The summed E-state index contributed by atoms with van der Waals surface area (Å²) < 4.78 is 5.06. The van der Waals surface area contributed by atoms with Crippen molar-refractivity contribution in [3.8, 4) is 5.75 Å². The zero-order valence-electron chi connectivity index (χ0n) is 10.1. The first-order chi connectivity index (χ1) is 8.69. The van der Waals surface area contributed by atoms with E-state index in [0.717, 1.165) is 11.3 Å². The molecule has 1 aliphatic heterocycles. The Morgan fingerprint density at radius 1 is 1.39 bits per heavy atom. The van der Waals surface area contributed by atoms with Crippen molar-refractivity contribution in [3.05, 3.63) is 29.8 Å². The highest BCUT2D eigenvalue weighted by Gasteiger charge is 2.25. The number of carbonyl (C=O) groups is 1. The Kier molecular flexibility index (Phi) is 3.99. The van der Waals surface area contributed by atoms with Crippen LogP contribution in [0.3, 0.4) is 0 Å². The van der Waals surface area contributed by atoms with Crippen molar-refractivity contribution in [2.45, 2.75) is 12.2 Å². The summed E-state index contributed by atoms with van der Waals surface area (Å²) in [5.74, 6) is 0.768. The number of carbonyl (C=O) groups excluding carboxylic acids is 1. The molecule has 0 bridgehead atoms. The number of nitrogens with one attached hydrogen (secondary N) is 1. The molecular weight excluding hydrogens is 250 g/mol. The van der Waals surface area contributed by atoms with Gasteiger partial charge < -0.3 is 10.1 Å². The van der Waals surface area contributed by atoms with Gasteiger partial charge in [0.2, 0.25) is 5.91 Å². The minimum atomic E-state index is -0.0973. The molecule has 1 atom stereocenters. The monoisotopic (exact) mass is 263 g/mol. The first-order valence-corrected chi connectivity index (χ1v) is 6.29. The molecular formula is C12H13N3O2S. The fourth-order valence-electron chi connectivity index (χ4n) is 1.34. The Morgan fingerprint density at radius 2 is 2.11 bits per heavy atom. The Balaban J connectivity index is 1.99. The van der Waals surface area contributed by atoms with Gasteiger partial charge in [0.1, 0.15) is 5.75 Å². The van der Waals surface area contributed by atoms with Gasteiger partial charge in [-0.15, -0.1) is 5.10 Å². The van der Waals surface area contributed by atoms with Crippen molar-refractivity contribution in [2.75, 3.05) is 7.11 Å². The number of thioether (sulfide) groups is 1. The SMILES string of the molecule is COc1ccc(C=N/N=C2\NC(=O)C(C)S2)cc1. The minimum absolute atomic E-state index is 0.0293. The van der Waals surface area contributed by atoms with E-state index in [1.54, 1.807) is 13.3 Å². The Morgan fingerprint density at radius 3 is 2.67 bits per heavy atom. The van der Waals surface area contributed by atoms with Crippen LogP contribution in [0.15, 0.2) is 34.5 Å². The van der Waals surface area contributed by atoms with Gasteiger partial charge >= 0.3 is 0 Å². The highest BCUT2D eigenvalue weighted by molar-refractivity contribution is 8.15. The van der Waals surface area contributed by atoms with Crippen LogP contribution in [-0.2, 0) is 4.79 Å². The highest BCUT2D eigenvalue weighted by atomic mass is 32.2. The third kappa shape index (κ3) is 3.10. The molecule has 1 fully saturated rings. The van der Waals surface area contributed by atoms with Crippen molar-refractivity contribution >= 4 is 29.1 Å². The van der Waals surface area contributed by atoms with Crippen LogP contribution in [0, 0.1) is 0 Å². The smallest absolute Gasteiger partial charge is 0.239 e. The summed E-state index contributed by atoms with van der Waals surface area (Å²) in [6, 6.07) is 7.46. The molecule has 1 aliphatic rings. The zero-order chi connectivity index (χ0) is 13.0. The Hall–Kier alpha value is -1.82. The number of nitrogens with zero attached hydrogens (tertiary/aromatic N) is 2. The summed E-state index contributed by atoms with van der Waals surface area (Å²) in [6.07, 6.45) is 1.63. The third-order valence-electron chi connectivity index (χ3n) is 2.36. The second-order valence-electron chi connectivity index (χ2n) is 3.67. The molecule has 1 N–H and O–H groups in total. The van der Waals surface area contributed by atoms with E-state index in [1.165, 1.54) is 11.8 Å². The molecule has 18 heavy (non-hydrogen) atoms. The number of hydrogen-bond donors (Lipinski definition) is 1. The van der Waals surface area contributed by atoms with Gasteiger partial charge in [0.15, 0.2) is 5.17 Å². The van der Waals surface area contributed by atoms with E-state index >= 15 is 0 Å². The van der Waals surface area contributed by atoms with Crippen LogP contribution >= 0.6 is 11.8 Å². The van der Waals surface area contributed by atoms with Gasteiger partial charge in [-0.25, -0.2) is 0 Å². The van der Waals surface area contributed by atoms with Gasteiger partial charge in [0.05, 0.1) is 18.6 Å². The molecule has 0 aromatic heterocycles. The Bertz CT molecular complexity index is 497. The maximum absolute atomic E-state index is 11.2. The standard InChI is InChI=1S/C12H13N3O2S/c1-8-11(16)14-12(18-8)15-13-7-9-3-5-10(17-2)6-4-9/h3-8H,1-2H3,(H,14,15,16). The zero-order valence-corrected chi connectivity index (χ0v) is 10.9. The quantitative estimate of drug-likeness (QED) is 0.666. The van der Waals surface area contributed by atoms with E-state index in [1.807, 2.05) is 31.2 Å². The average Bonchev–Trinajstić information content (AvgIpc) is 2.69. The first-order valence-electron chi connectivity index (χ1n) is 5.41. The van der Waals surface area contributed by atoms with E-state index in [2.05, 4.69) is 15.5 Å². The number of hydrogen-bond acceptors (Lipinski definition) is 5. The molecule has 1 heterocycles. The summed E-state index contributed by atoms with van der Waals surface area (Å²) in [5, 5.41) is 11.0.